The molecule has 0 aliphatic heterocycles. The van der Waals surface area contributed by atoms with Crippen molar-refractivity contribution in [3.63, 3.8) is 0 Å². The average molecular weight is 666 g/mol. The molecular weight excluding hydrogens is 640 g/mol. The van der Waals surface area contributed by atoms with Crippen molar-refractivity contribution in [3.05, 3.63) is 68.6 Å². The predicted octanol–water partition coefficient (Wildman–Crippen LogP) is 5.38. The lowest BCUT2D eigenvalue weighted by molar-refractivity contribution is -0.123. The first-order chi connectivity index (χ1) is 18.8. The molecule has 0 saturated carbocycles. The molecule has 1 N–H and O–H groups in total. The third-order valence-electron chi connectivity index (χ3n) is 5.03. The Hall–Kier alpha value is -3.77. The summed E-state index contributed by atoms with van der Waals surface area (Å²) in [7, 11) is 4.36. The molecule has 3 rings (SSSR count). The number of nitrogens with one attached hydrogen (secondary N) is 1. The molecule has 0 aromatic heterocycles. The minimum Gasteiger partial charge on any atom is -0.493 e. The molecule has 0 heterocycles. The molecule has 39 heavy (non-hydrogen) atoms. The van der Waals surface area contributed by atoms with Gasteiger partial charge in [0, 0.05) is 10.0 Å². The molecule has 0 radical (unpaired) electrons. The van der Waals surface area contributed by atoms with E-state index < -0.39 is 11.9 Å². The molecule has 0 aliphatic carbocycles. The van der Waals surface area contributed by atoms with E-state index in [0.29, 0.717) is 49.9 Å². The summed E-state index contributed by atoms with van der Waals surface area (Å²) in [5.74, 6) is 0.916. The maximum absolute atomic E-state index is 13.1. The minimum absolute atomic E-state index is 0.167. The van der Waals surface area contributed by atoms with Gasteiger partial charge < -0.3 is 28.4 Å². The van der Waals surface area contributed by atoms with E-state index in [4.69, 9.17) is 28.4 Å². The lowest BCUT2D eigenvalue weighted by Crippen LogP contribution is -2.24. The van der Waals surface area contributed by atoms with Gasteiger partial charge in [-0.3, -0.25) is 4.79 Å². The number of amides is 1. The van der Waals surface area contributed by atoms with Crippen LogP contribution < -0.4 is 33.8 Å². The van der Waals surface area contributed by atoms with Crippen molar-refractivity contribution >= 4 is 50.0 Å². The number of hydrazone groups is 1. The summed E-state index contributed by atoms with van der Waals surface area (Å²) in [4.78, 5) is 25.4. The van der Waals surface area contributed by atoms with Gasteiger partial charge in [-0.15, -0.1) is 0 Å². The van der Waals surface area contributed by atoms with Crippen LogP contribution in [0.2, 0.25) is 0 Å². The molecule has 0 aliphatic rings. The van der Waals surface area contributed by atoms with Crippen LogP contribution in [0.3, 0.4) is 0 Å². The van der Waals surface area contributed by atoms with Crippen molar-refractivity contribution < 1.29 is 38.0 Å². The Morgan fingerprint density at radius 3 is 2.10 bits per heavy atom. The van der Waals surface area contributed by atoms with Gasteiger partial charge in [0.1, 0.15) is 0 Å². The quantitative estimate of drug-likeness (QED) is 0.119. The number of carbonyl (C=O) groups excluding carboxylic acids is 2. The number of nitrogens with zero attached hydrogens (tertiary/aromatic N) is 1. The number of carbonyl (C=O) groups is 2. The van der Waals surface area contributed by atoms with Crippen LogP contribution in [0.25, 0.3) is 0 Å². The van der Waals surface area contributed by atoms with Crippen molar-refractivity contribution in [2.24, 2.45) is 5.10 Å². The van der Waals surface area contributed by atoms with E-state index in [9.17, 15) is 9.59 Å². The van der Waals surface area contributed by atoms with E-state index >= 15 is 0 Å². The Kier molecular flexibility index (Phi) is 11.0. The molecule has 0 unspecified atom stereocenters. The topological polar surface area (TPSA) is 114 Å². The average Bonchev–Trinajstić information content (AvgIpc) is 2.93. The standard InChI is InChI=1S/C27H26Br2N2O8/c1-5-37-20-8-6-7-9-21(20)38-15-24(32)31-30-14-17-10-18(28)13-19(29)25(17)39-27(33)16-11-22(34-2)26(36-4)23(12-16)35-3/h6-14H,5,15H2,1-4H3,(H,31,32). The number of esters is 1. The first-order valence-electron chi connectivity index (χ1n) is 11.5. The highest BCUT2D eigenvalue weighted by atomic mass is 79.9. The Balaban J connectivity index is 1.75. The molecule has 0 spiro atoms. The zero-order valence-electron chi connectivity index (χ0n) is 21.6. The van der Waals surface area contributed by atoms with Gasteiger partial charge in [0.25, 0.3) is 5.91 Å². The smallest absolute Gasteiger partial charge is 0.343 e. The van der Waals surface area contributed by atoms with Crippen LogP contribution in [0.5, 0.6) is 34.5 Å². The Morgan fingerprint density at radius 1 is 0.872 bits per heavy atom. The lowest BCUT2D eigenvalue weighted by Gasteiger charge is -2.15. The maximum Gasteiger partial charge on any atom is 0.343 e. The molecule has 0 atom stereocenters. The Bertz CT molecular complexity index is 1340. The SMILES string of the molecule is CCOc1ccccc1OCC(=O)NN=Cc1cc(Br)cc(Br)c1OC(=O)c1cc(OC)c(OC)c(OC)c1. The summed E-state index contributed by atoms with van der Waals surface area (Å²) >= 11 is 6.82. The number of benzene rings is 3. The Morgan fingerprint density at radius 2 is 1.51 bits per heavy atom. The maximum atomic E-state index is 13.1. The fraction of sp³-hybridized carbons (Fsp3) is 0.222. The zero-order valence-corrected chi connectivity index (χ0v) is 24.8. The summed E-state index contributed by atoms with van der Waals surface area (Å²) in [6, 6.07) is 13.4. The fourth-order valence-corrected chi connectivity index (χ4v) is 4.67. The molecule has 3 aromatic carbocycles. The highest BCUT2D eigenvalue weighted by Crippen LogP contribution is 2.39. The van der Waals surface area contributed by atoms with Gasteiger partial charge in [0.2, 0.25) is 5.75 Å². The highest BCUT2D eigenvalue weighted by molar-refractivity contribution is 9.11. The monoisotopic (exact) mass is 664 g/mol. The van der Waals surface area contributed by atoms with Gasteiger partial charge in [-0.1, -0.05) is 28.1 Å². The number of ether oxygens (including phenoxy) is 6. The molecule has 10 nitrogen and oxygen atoms in total. The second-order valence-corrected chi connectivity index (χ2v) is 9.34. The normalized spacial score (nSPS) is 10.6. The molecular formula is C27H26Br2N2O8. The van der Waals surface area contributed by atoms with Gasteiger partial charge in [0.15, 0.2) is 35.4 Å². The van der Waals surface area contributed by atoms with Gasteiger partial charge in [-0.2, -0.15) is 5.10 Å². The van der Waals surface area contributed by atoms with Crippen molar-refractivity contribution in [1.82, 2.24) is 5.43 Å². The van der Waals surface area contributed by atoms with Crippen LogP contribution in [-0.4, -0.2) is 52.6 Å². The van der Waals surface area contributed by atoms with Crippen molar-refractivity contribution in [1.29, 1.82) is 0 Å². The lowest BCUT2D eigenvalue weighted by atomic mass is 10.1. The molecule has 3 aromatic rings. The van der Waals surface area contributed by atoms with Crippen molar-refractivity contribution in [3.8, 4) is 34.5 Å². The van der Waals surface area contributed by atoms with E-state index in [0.717, 1.165) is 0 Å². The van der Waals surface area contributed by atoms with E-state index in [2.05, 4.69) is 42.4 Å². The Labute approximate surface area is 242 Å². The van der Waals surface area contributed by atoms with Crippen LogP contribution >= 0.6 is 31.9 Å². The van der Waals surface area contributed by atoms with Crippen LogP contribution in [-0.2, 0) is 4.79 Å². The molecule has 206 valence electrons. The first-order valence-corrected chi connectivity index (χ1v) is 13.1. The van der Waals surface area contributed by atoms with E-state index in [1.807, 2.05) is 13.0 Å². The minimum atomic E-state index is -0.683. The number of hydrogen-bond donors (Lipinski definition) is 1. The largest absolute Gasteiger partial charge is 0.493 e. The molecule has 1 amide bonds. The van der Waals surface area contributed by atoms with Gasteiger partial charge in [0.05, 0.1) is 44.2 Å². The second kappa shape index (κ2) is 14.4. The van der Waals surface area contributed by atoms with Gasteiger partial charge in [-0.05, 0) is 59.3 Å². The van der Waals surface area contributed by atoms with Crippen LogP contribution in [0.1, 0.15) is 22.8 Å². The van der Waals surface area contributed by atoms with E-state index in [1.165, 1.54) is 39.7 Å². The van der Waals surface area contributed by atoms with Gasteiger partial charge in [-0.25, -0.2) is 10.2 Å². The molecule has 12 heteroatoms. The van der Waals surface area contributed by atoms with Crippen molar-refractivity contribution in [2.45, 2.75) is 6.92 Å². The number of hydrogen-bond acceptors (Lipinski definition) is 9. The second-order valence-electron chi connectivity index (χ2n) is 7.57. The number of para-hydroxylation sites is 2. The summed E-state index contributed by atoms with van der Waals surface area (Å²) < 4.78 is 33.8. The number of methoxy groups -OCH3 is 3. The van der Waals surface area contributed by atoms with Gasteiger partial charge >= 0.3 is 5.97 Å². The van der Waals surface area contributed by atoms with E-state index in [-0.39, 0.29) is 17.9 Å². The number of halogens is 2. The summed E-state index contributed by atoms with van der Waals surface area (Å²) in [5, 5.41) is 3.99. The molecule has 0 bridgehead atoms. The third kappa shape index (κ3) is 7.87. The third-order valence-corrected chi connectivity index (χ3v) is 6.08. The predicted molar refractivity (Wildman–Crippen MR) is 152 cm³/mol. The van der Waals surface area contributed by atoms with E-state index in [1.54, 1.807) is 30.3 Å². The fourth-order valence-electron chi connectivity index (χ4n) is 3.33. The van der Waals surface area contributed by atoms with Crippen LogP contribution in [0.4, 0.5) is 0 Å². The summed E-state index contributed by atoms with van der Waals surface area (Å²) in [6.07, 6.45) is 1.35. The summed E-state index contributed by atoms with van der Waals surface area (Å²) in [6.45, 7) is 2.03. The van der Waals surface area contributed by atoms with Crippen LogP contribution in [0, 0.1) is 0 Å². The number of rotatable bonds is 12. The molecule has 0 saturated heterocycles. The first kappa shape index (κ1) is 29.8. The molecule has 0 fully saturated rings. The van der Waals surface area contributed by atoms with Crippen LogP contribution in [0.15, 0.2) is 62.6 Å². The van der Waals surface area contributed by atoms with Crippen molar-refractivity contribution in [2.75, 3.05) is 34.5 Å². The highest BCUT2D eigenvalue weighted by Gasteiger charge is 2.20. The summed E-state index contributed by atoms with van der Waals surface area (Å²) in [5.41, 5.74) is 2.96. The zero-order chi connectivity index (χ0) is 28.4.